The molecule has 1 aromatic carbocycles. The van der Waals surface area contributed by atoms with E-state index in [1.54, 1.807) is 0 Å². The molecular weight excluding hydrogens is 366 g/mol. The van der Waals surface area contributed by atoms with Gasteiger partial charge in [-0.05, 0) is 37.8 Å². The minimum atomic E-state index is -0.135. The predicted molar refractivity (Wildman–Crippen MR) is 110 cm³/mol. The van der Waals surface area contributed by atoms with E-state index in [0.717, 1.165) is 58.2 Å². The molecule has 6 nitrogen and oxygen atoms in total. The van der Waals surface area contributed by atoms with Gasteiger partial charge in [0.1, 0.15) is 0 Å². The maximum Gasteiger partial charge on any atom is 0.233 e. The summed E-state index contributed by atoms with van der Waals surface area (Å²) in [6.07, 6.45) is 5.92. The normalized spacial score (nSPS) is 27.7. The van der Waals surface area contributed by atoms with E-state index in [4.69, 9.17) is 0 Å². The number of imide groups is 1. The van der Waals surface area contributed by atoms with E-state index in [1.165, 1.54) is 10.5 Å². The first-order chi connectivity index (χ1) is 14.1. The zero-order chi connectivity index (χ0) is 20.2. The molecule has 1 N–H and O–H groups in total. The molecule has 2 saturated heterocycles. The van der Waals surface area contributed by atoms with Crippen molar-refractivity contribution in [3.63, 3.8) is 0 Å². The lowest BCUT2D eigenvalue weighted by atomic mass is 9.81. The van der Waals surface area contributed by atoms with Crippen molar-refractivity contribution in [2.24, 2.45) is 11.8 Å². The van der Waals surface area contributed by atoms with Crippen LogP contribution in [0.4, 0.5) is 0 Å². The molecular formula is C23H31N3O3. The molecule has 0 bridgehead atoms. The van der Waals surface area contributed by atoms with Gasteiger partial charge in [0.15, 0.2) is 0 Å². The third kappa shape index (κ3) is 4.69. The highest BCUT2D eigenvalue weighted by atomic mass is 16.2. The van der Waals surface area contributed by atoms with Crippen molar-refractivity contribution in [2.45, 2.75) is 57.5 Å². The lowest BCUT2D eigenvalue weighted by molar-refractivity contribution is -0.140. The second kappa shape index (κ2) is 9.08. The molecule has 0 aromatic heterocycles. The van der Waals surface area contributed by atoms with Crippen LogP contribution in [-0.4, -0.2) is 53.2 Å². The molecule has 29 heavy (non-hydrogen) atoms. The zero-order valence-corrected chi connectivity index (χ0v) is 17.0. The summed E-state index contributed by atoms with van der Waals surface area (Å²) in [5.74, 6) is -0.446. The van der Waals surface area contributed by atoms with E-state index in [9.17, 15) is 14.4 Å². The number of benzene rings is 1. The lowest BCUT2D eigenvalue weighted by Crippen LogP contribution is -2.48. The molecule has 4 rings (SSSR count). The van der Waals surface area contributed by atoms with Crippen molar-refractivity contribution >= 4 is 17.7 Å². The molecule has 0 unspecified atom stereocenters. The fraction of sp³-hybridized carbons (Fsp3) is 0.609. The number of hydrogen-bond donors (Lipinski definition) is 1. The van der Waals surface area contributed by atoms with Crippen LogP contribution in [0.3, 0.4) is 0 Å². The van der Waals surface area contributed by atoms with Crippen molar-refractivity contribution in [2.75, 3.05) is 19.6 Å². The predicted octanol–water partition coefficient (Wildman–Crippen LogP) is 2.33. The van der Waals surface area contributed by atoms with E-state index in [-0.39, 0.29) is 48.6 Å². The van der Waals surface area contributed by atoms with Crippen LogP contribution in [0.5, 0.6) is 0 Å². The monoisotopic (exact) mass is 397 g/mol. The topological polar surface area (TPSA) is 69.7 Å². The Morgan fingerprint density at radius 3 is 2.34 bits per heavy atom. The van der Waals surface area contributed by atoms with E-state index in [0.29, 0.717) is 0 Å². The minimum absolute atomic E-state index is 0.0563. The number of carbonyl (C=O) groups is 3. The van der Waals surface area contributed by atoms with Crippen LogP contribution >= 0.6 is 0 Å². The standard InChI is InChI=1S/C23H31N3O3/c27-21(12-14-26-22(28)19-10-4-5-11-20(19)23(26)29)24-18-9-6-13-25(16-18)15-17-7-2-1-3-8-17/h1-3,7-8,18-20H,4-6,9-16H2,(H,24,27)/t18-,19-,20+/m1/s1. The summed E-state index contributed by atoms with van der Waals surface area (Å²) >= 11 is 0. The molecule has 3 amide bonds. The Kier molecular flexibility index (Phi) is 6.28. The van der Waals surface area contributed by atoms with Gasteiger partial charge in [0.2, 0.25) is 17.7 Å². The lowest BCUT2D eigenvalue weighted by Gasteiger charge is -2.33. The largest absolute Gasteiger partial charge is 0.352 e. The Morgan fingerprint density at radius 1 is 0.966 bits per heavy atom. The van der Waals surface area contributed by atoms with Gasteiger partial charge >= 0.3 is 0 Å². The van der Waals surface area contributed by atoms with Gasteiger partial charge in [-0.25, -0.2) is 0 Å². The van der Waals surface area contributed by atoms with Crippen LogP contribution in [0, 0.1) is 11.8 Å². The summed E-state index contributed by atoms with van der Waals surface area (Å²) in [6.45, 7) is 3.00. The van der Waals surface area contributed by atoms with Crippen LogP contribution in [0.2, 0.25) is 0 Å². The van der Waals surface area contributed by atoms with Crippen molar-refractivity contribution < 1.29 is 14.4 Å². The number of carbonyl (C=O) groups excluding carboxylic acids is 3. The number of hydrogen-bond acceptors (Lipinski definition) is 4. The van der Waals surface area contributed by atoms with Gasteiger partial charge in [-0.1, -0.05) is 43.2 Å². The molecule has 6 heteroatoms. The van der Waals surface area contributed by atoms with Gasteiger partial charge in [-0.2, -0.15) is 0 Å². The molecule has 1 aliphatic carbocycles. The third-order valence-corrected chi connectivity index (χ3v) is 6.61. The molecule has 3 aliphatic rings. The van der Waals surface area contributed by atoms with Crippen molar-refractivity contribution in [3.8, 4) is 0 Å². The average molecular weight is 398 g/mol. The highest BCUT2D eigenvalue weighted by Gasteiger charge is 2.47. The summed E-state index contributed by atoms with van der Waals surface area (Å²) in [5, 5.41) is 3.12. The van der Waals surface area contributed by atoms with Gasteiger partial charge < -0.3 is 5.32 Å². The van der Waals surface area contributed by atoms with E-state index < -0.39 is 0 Å². The second-order valence-electron chi connectivity index (χ2n) is 8.70. The SMILES string of the molecule is O=C(CCN1C(=O)[C@H]2CCCC[C@H]2C1=O)N[C@@H]1CCCN(Cc2ccccc2)C1. The Morgan fingerprint density at radius 2 is 1.66 bits per heavy atom. The number of fused-ring (bicyclic) bond motifs is 1. The van der Waals surface area contributed by atoms with Gasteiger partial charge in [-0.15, -0.1) is 0 Å². The first-order valence-corrected chi connectivity index (χ1v) is 11.0. The summed E-state index contributed by atoms with van der Waals surface area (Å²) in [4.78, 5) is 41.3. The van der Waals surface area contributed by atoms with Gasteiger partial charge in [0, 0.05) is 32.1 Å². The molecule has 0 spiro atoms. The van der Waals surface area contributed by atoms with Crippen LogP contribution in [0.15, 0.2) is 30.3 Å². The van der Waals surface area contributed by atoms with Crippen molar-refractivity contribution in [3.05, 3.63) is 35.9 Å². The average Bonchev–Trinajstić information content (AvgIpc) is 2.98. The van der Waals surface area contributed by atoms with Gasteiger partial charge in [0.05, 0.1) is 11.8 Å². The molecule has 0 radical (unpaired) electrons. The fourth-order valence-electron chi connectivity index (χ4n) is 5.12. The highest BCUT2D eigenvalue weighted by molar-refractivity contribution is 6.05. The first-order valence-electron chi connectivity index (χ1n) is 11.0. The Bertz CT molecular complexity index is 727. The number of rotatable bonds is 6. The Balaban J connectivity index is 1.24. The molecule has 1 aromatic rings. The van der Waals surface area contributed by atoms with E-state index in [2.05, 4.69) is 34.5 Å². The summed E-state index contributed by atoms with van der Waals surface area (Å²) in [5.41, 5.74) is 1.28. The van der Waals surface area contributed by atoms with E-state index in [1.807, 2.05) is 6.07 Å². The number of likely N-dealkylation sites (tertiary alicyclic amines) is 2. The maximum atomic E-state index is 12.5. The number of nitrogens with one attached hydrogen (secondary N) is 1. The van der Waals surface area contributed by atoms with Crippen molar-refractivity contribution in [1.82, 2.24) is 15.1 Å². The van der Waals surface area contributed by atoms with E-state index >= 15 is 0 Å². The molecule has 2 heterocycles. The van der Waals surface area contributed by atoms with Crippen LogP contribution < -0.4 is 5.32 Å². The number of amides is 3. The molecule has 1 saturated carbocycles. The highest BCUT2D eigenvalue weighted by Crippen LogP contribution is 2.37. The van der Waals surface area contributed by atoms with Gasteiger partial charge in [0.25, 0.3) is 0 Å². The summed E-state index contributed by atoms with van der Waals surface area (Å²) in [6, 6.07) is 10.5. The zero-order valence-electron chi connectivity index (χ0n) is 17.0. The maximum absolute atomic E-state index is 12.5. The molecule has 3 atom stereocenters. The number of nitrogens with zero attached hydrogens (tertiary/aromatic N) is 2. The molecule has 2 aliphatic heterocycles. The van der Waals surface area contributed by atoms with Crippen LogP contribution in [0.25, 0.3) is 0 Å². The number of piperidine rings is 1. The smallest absolute Gasteiger partial charge is 0.233 e. The van der Waals surface area contributed by atoms with Gasteiger partial charge in [-0.3, -0.25) is 24.2 Å². The Hall–Kier alpha value is -2.21. The third-order valence-electron chi connectivity index (χ3n) is 6.61. The molecule has 3 fully saturated rings. The van der Waals surface area contributed by atoms with Crippen LogP contribution in [-0.2, 0) is 20.9 Å². The summed E-state index contributed by atoms with van der Waals surface area (Å²) < 4.78 is 0. The quantitative estimate of drug-likeness (QED) is 0.748. The fourth-order valence-corrected chi connectivity index (χ4v) is 5.12. The molecule has 156 valence electrons. The Labute approximate surface area is 172 Å². The van der Waals surface area contributed by atoms with Crippen LogP contribution in [0.1, 0.15) is 50.5 Å². The first kappa shape index (κ1) is 20.1. The minimum Gasteiger partial charge on any atom is -0.352 e. The van der Waals surface area contributed by atoms with Crippen molar-refractivity contribution in [1.29, 1.82) is 0 Å². The summed E-state index contributed by atoms with van der Waals surface area (Å²) in [7, 11) is 0. The second-order valence-corrected chi connectivity index (χ2v) is 8.70.